The summed E-state index contributed by atoms with van der Waals surface area (Å²) < 4.78 is 63.3. The number of halogens is 5. The van der Waals surface area contributed by atoms with Crippen molar-refractivity contribution >= 4 is 0 Å². The topological polar surface area (TPSA) is 46.2 Å². The van der Waals surface area contributed by atoms with Crippen molar-refractivity contribution in [2.75, 3.05) is 0 Å². The Hall–Kier alpha value is -1.99. The first kappa shape index (κ1) is 18.4. The lowest BCUT2D eigenvalue weighted by Gasteiger charge is -2.22. The van der Waals surface area contributed by atoms with Crippen molar-refractivity contribution < 1.29 is 27.1 Å². The van der Waals surface area contributed by atoms with E-state index in [9.17, 15) is 27.1 Å². The molecule has 0 spiro atoms. The smallest absolute Gasteiger partial charge is 0.379 e. The van der Waals surface area contributed by atoms with Gasteiger partial charge in [0.25, 0.3) is 6.43 Å². The van der Waals surface area contributed by atoms with Gasteiger partial charge in [-0.15, -0.1) is 0 Å². The highest BCUT2D eigenvalue weighted by Crippen LogP contribution is 2.33. The first-order chi connectivity index (χ1) is 11.0. The minimum atomic E-state index is -4.52. The summed E-state index contributed by atoms with van der Waals surface area (Å²) in [6.07, 6.45) is -7.46. The van der Waals surface area contributed by atoms with Gasteiger partial charge in [-0.3, -0.25) is 0 Å². The van der Waals surface area contributed by atoms with E-state index in [1.165, 1.54) is 48.5 Å². The predicted octanol–water partition coefficient (Wildman–Crippen LogP) is 4.39. The normalized spacial score (nSPS) is 16.0. The molecule has 0 aromatic heterocycles. The molecule has 0 aliphatic rings. The van der Waals surface area contributed by atoms with E-state index in [1.807, 2.05) is 0 Å². The van der Waals surface area contributed by atoms with Gasteiger partial charge in [-0.2, -0.15) is 13.2 Å². The van der Waals surface area contributed by atoms with Crippen LogP contribution in [-0.4, -0.2) is 17.7 Å². The van der Waals surface area contributed by atoms with Gasteiger partial charge in [0, 0.05) is 0 Å². The van der Waals surface area contributed by atoms with Gasteiger partial charge in [-0.1, -0.05) is 48.5 Å². The van der Waals surface area contributed by atoms with Crippen LogP contribution in [0, 0.1) is 0 Å². The van der Waals surface area contributed by atoms with E-state index in [0.717, 1.165) is 6.92 Å². The Bertz CT molecular complexity index is 678. The molecular weight excluding hydrogens is 329 g/mol. The minimum absolute atomic E-state index is 0.0527. The average Bonchev–Trinajstić information content (AvgIpc) is 2.53. The minimum Gasteiger partial charge on any atom is -0.379 e. The maximum absolute atomic E-state index is 12.8. The fourth-order valence-corrected chi connectivity index (χ4v) is 2.20. The van der Waals surface area contributed by atoms with Gasteiger partial charge >= 0.3 is 6.18 Å². The Morgan fingerprint density at radius 3 is 1.67 bits per heavy atom. The van der Waals surface area contributed by atoms with Crippen molar-refractivity contribution in [2.45, 2.75) is 31.2 Å². The van der Waals surface area contributed by atoms with Gasteiger partial charge in [-0.05, 0) is 29.2 Å². The molecule has 0 aliphatic heterocycles. The van der Waals surface area contributed by atoms with Gasteiger partial charge < -0.3 is 10.8 Å². The molecule has 130 valence electrons. The van der Waals surface area contributed by atoms with Crippen LogP contribution in [0.3, 0.4) is 0 Å². The molecule has 0 fully saturated rings. The SMILES string of the molecule is CC(O)(c1ccc(-c2ccc([C@H](N)C(F)(F)F)cc2)cc1)C(F)F. The largest absolute Gasteiger partial charge is 0.407 e. The molecule has 0 radical (unpaired) electrons. The molecule has 0 heterocycles. The standard InChI is InChI=1S/C17H16F5NO/c1-16(24,15(18)19)13-8-6-11(7-9-13)10-2-4-12(5-3-10)14(23)17(20,21)22/h2-9,14-15,24H,23H2,1H3/t14-,16?/m0/s1. The van der Waals surface area contributed by atoms with Gasteiger partial charge in [0.15, 0.2) is 0 Å². The Morgan fingerprint density at radius 2 is 1.29 bits per heavy atom. The molecule has 0 saturated carbocycles. The number of rotatable bonds is 4. The highest BCUT2D eigenvalue weighted by Gasteiger charge is 2.37. The number of alkyl halides is 5. The maximum atomic E-state index is 12.8. The number of aliphatic hydroxyl groups is 1. The second-order valence-electron chi connectivity index (χ2n) is 5.67. The molecule has 24 heavy (non-hydrogen) atoms. The van der Waals surface area contributed by atoms with Crippen molar-refractivity contribution in [1.29, 1.82) is 0 Å². The van der Waals surface area contributed by atoms with Crippen LogP contribution in [0.25, 0.3) is 11.1 Å². The molecule has 0 amide bonds. The summed E-state index contributed by atoms with van der Waals surface area (Å²) in [4.78, 5) is 0. The van der Waals surface area contributed by atoms with Crippen LogP contribution in [0.4, 0.5) is 22.0 Å². The van der Waals surface area contributed by atoms with Gasteiger partial charge in [0.1, 0.15) is 11.6 Å². The van der Waals surface area contributed by atoms with Crippen LogP contribution < -0.4 is 5.73 Å². The van der Waals surface area contributed by atoms with Crippen molar-refractivity contribution in [2.24, 2.45) is 5.73 Å². The molecule has 2 atom stereocenters. The molecule has 0 aliphatic carbocycles. The molecule has 2 aromatic carbocycles. The highest BCUT2D eigenvalue weighted by molar-refractivity contribution is 5.64. The molecule has 7 heteroatoms. The van der Waals surface area contributed by atoms with Crippen molar-refractivity contribution in [1.82, 2.24) is 0 Å². The summed E-state index contributed by atoms with van der Waals surface area (Å²) in [6, 6.07) is 9.19. The zero-order chi connectivity index (χ0) is 18.1. The van der Waals surface area contributed by atoms with Gasteiger partial charge in [-0.25, -0.2) is 8.78 Å². The fourth-order valence-electron chi connectivity index (χ4n) is 2.20. The molecule has 0 saturated heterocycles. The third kappa shape index (κ3) is 3.73. The van der Waals surface area contributed by atoms with E-state index in [0.29, 0.717) is 11.1 Å². The summed E-state index contributed by atoms with van der Waals surface area (Å²) in [7, 11) is 0. The Morgan fingerprint density at radius 1 is 0.875 bits per heavy atom. The van der Waals surface area contributed by atoms with E-state index in [2.05, 4.69) is 0 Å². The average molecular weight is 345 g/mol. The van der Waals surface area contributed by atoms with Crippen LogP contribution in [0.15, 0.2) is 48.5 Å². The molecule has 2 aromatic rings. The molecule has 2 rings (SSSR count). The summed E-state index contributed by atoms with van der Waals surface area (Å²) in [6.45, 7) is 1.01. The fraction of sp³-hybridized carbons (Fsp3) is 0.294. The van der Waals surface area contributed by atoms with Crippen LogP contribution in [-0.2, 0) is 5.60 Å². The Balaban J connectivity index is 2.24. The van der Waals surface area contributed by atoms with Crippen molar-refractivity contribution in [3.63, 3.8) is 0 Å². The third-order valence-corrected chi connectivity index (χ3v) is 3.85. The lowest BCUT2D eigenvalue weighted by atomic mass is 9.93. The Kier molecular flexibility index (Phi) is 4.96. The van der Waals surface area contributed by atoms with Gasteiger partial charge in [0.05, 0.1) is 0 Å². The quantitative estimate of drug-likeness (QED) is 0.808. The molecule has 2 nitrogen and oxygen atoms in total. The van der Waals surface area contributed by atoms with Crippen molar-refractivity contribution in [3.05, 3.63) is 59.7 Å². The van der Waals surface area contributed by atoms with E-state index in [4.69, 9.17) is 5.73 Å². The number of benzene rings is 2. The monoisotopic (exact) mass is 345 g/mol. The lowest BCUT2D eigenvalue weighted by molar-refractivity contribution is -0.149. The van der Waals surface area contributed by atoms with Crippen LogP contribution in [0.2, 0.25) is 0 Å². The molecule has 1 unspecified atom stereocenters. The zero-order valence-corrected chi connectivity index (χ0v) is 12.7. The van der Waals surface area contributed by atoms with E-state index in [-0.39, 0.29) is 11.1 Å². The van der Waals surface area contributed by atoms with Gasteiger partial charge in [0.2, 0.25) is 0 Å². The second kappa shape index (κ2) is 6.49. The zero-order valence-electron chi connectivity index (χ0n) is 12.7. The van der Waals surface area contributed by atoms with Crippen LogP contribution in [0.1, 0.15) is 24.1 Å². The first-order valence-electron chi connectivity index (χ1n) is 7.07. The second-order valence-corrected chi connectivity index (χ2v) is 5.67. The van der Waals surface area contributed by atoms with E-state index < -0.39 is 24.2 Å². The number of hydrogen-bond donors (Lipinski definition) is 2. The summed E-state index contributed by atoms with van der Waals surface area (Å²) in [5.41, 5.74) is 4.09. The third-order valence-electron chi connectivity index (χ3n) is 3.85. The number of nitrogens with two attached hydrogens (primary N) is 1. The predicted molar refractivity (Wildman–Crippen MR) is 80.4 cm³/mol. The molecule has 0 bridgehead atoms. The summed E-state index contributed by atoms with van der Waals surface area (Å²) in [5, 5.41) is 9.73. The maximum Gasteiger partial charge on any atom is 0.407 e. The summed E-state index contributed by atoms with van der Waals surface area (Å²) in [5.74, 6) is 0. The van der Waals surface area contributed by atoms with Crippen molar-refractivity contribution in [3.8, 4) is 11.1 Å². The summed E-state index contributed by atoms with van der Waals surface area (Å²) >= 11 is 0. The number of hydrogen-bond acceptors (Lipinski definition) is 2. The van der Waals surface area contributed by atoms with Crippen LogP contribution in [0.5, 0.6) is 0 Å². The molecular formula is C17H16F5NO. The molecule has 3 N–H and O–H groups in total. The Labute approximate surface area is 135 Å². The van der Waals surface area contributed by atoms with E-state index in [1.54, 1.807) is 0 Å². The van der Waals surface area contributed by atoms with E-state index >= 15 is 0 Å². The lowest BCUT2D eigenvalue weighted by Crippen LogP contribution is -2.30. The highest BCUT2D eigenvalue weighted by atomic mass is 19.4. The first-order valence-corrected chi connectivity index (χ1v) is 7.07. The van der Waals surface area contributed by atoms with Crippen LogP contribution >= 0.6 is 0 Å².